The molecule has 2 rings (SSSR count). The van der Waals surface area contributed by atoms with Crippen LogP contribution in [0.2, 0.25) is 0 Å². The molecule has 0 aromatic heterocycles. The topological polar surface area (TPSA) is 52.5 Å². The summed E-state index contributed by atoms with van der Waals surface area (Å²) in [4.78, 5) is 0. The Bertz CT molecular complexity index is 377. The maximum Gasteiger partial charge on any atom is 0.115 e. The lowest BCUT2D eigenvalue weighted by Gasteiger charge is -2.23. The normalized spacial score (nSPS) is 24.5. The fraction of sp³-hybridized carbons (Fsp3) is 0.625. The van der Waals surface area contributed by atoms with Crippen molar-refractivity contribution < 1.29 is 10.2 Å². The zero-order valence-corrected chi connectivity index (χ0v) is 11.7. The van der Waals surface area contributed by atoms with Crippen molar-refractivity contribution >= 4 is 0 Å². The van der Waals surface area contributed by atoms with E-state index in [1.807, 2.05) is 12.1 Å². The summed E-state index contributed by atoms with van der Waals surface area (Å²) in [5.74, 6) is 1.40. The minimum Gasteiger partial charge on any atom is -0.508 e. The van der Waals surface area contributed by atoms with Crippen molar-refractivity contribution in [1.29, 1.82) is 0 Å². The van der Waals surface area contributed by atoms with Gasteiger partial charge in [-0.05, 0) is 55.3 Å². The summed E-state index contributed by atoms with van der Waals surface area (Å²) >= 11 is 0. The van der Waals surface area contributed by atoms with Crippen LogP contribution < -0.4 is 5.32 Å². The van der Waals surface area contributed by atoms with E-state index in [1.54, 1.807) is 12.1 Å². The maximum absolute atomic E-state index is 9.35. The molecule has 19 heavy (non-hydrogen) atoms. The second-order valence-corrected chi connectivity index (χ2v) is 5.59. The molecule has 1 aromatic rings. The number of hydrogen-bond acceptors (Lipinski definition) is 3. The van der Waals surface area contributed by atoms with Crippen molar-refractivity contribution in [3.8, 4) is 5.75 Å². The summed E-state index contributed by atoms with van der Waals surface area (Å²) in [5.41, 5.74) is 1.22. The predicted molar refractivity (Wildman–Crippen MR) is 77.1 cm³/mol. The van der Waals surface area contributed by atoms with E-state index in [9.17, 15) is 10.2 Å². The third kappa shape index (κ3) is 3.71. The molecule has 3 atom stereocenters. The minimum atomic E-state index is 0.315. The second kappa shape index (κ2) is 6.92. The lowest BCUT2D eigenvalue weighted by Crippen LogP contribution is -2.29. The van der Waals surface area contributed by atoms with Crippen LogP contribution >= 0.6 is 0 Å². The Balaban J connectivity index is 1.90. The average molecular weight is 263 g/mol. The number of nitrogens with one attached hydrogen (secondary N) is 1. The third-order valence-electron chi connectivity index (χ3n) is 4.38. The van der Waals surface area contributed by atoms with E-state index in [0.717, 1.165) is 13.0 Å². The summed E-state index contributed by atoms with van der Waals surface area (Å²) in [5, 5.41) is 22.3. The quantitative estimate of drug-likeness (QED) is 0.739. The van der Waals surface area contributed by atoms with Crippen LogP contribution in [0.3, 0.4) is 0 Å². The Morgan fingerprint density at radius 2 is 1.89 bits per heavy atom. The molecule has 0 spiro atoms. The fourth-order valence-corrected chi connectivity index (χ4v) is 3.12. The monoisotopic (exact) mass is 263 g/mol. The molecule has 3 N–H and O–H groups in total. The van der Waals surface area contributed by atoms with Gasteiger partial charge in [0, 0.05) is 12.6 Å². The van der Waals surface area contributed by atoms with Crippen molar-refractivity contribution in [3.63, 3.8) is 0 Å². The summed E-state index contributed by atoms with van der Waals surface area (Å²) in [6.07, 6.45) is 4.66. The van der Waals surface area contributed by atoms with Crippen LogP contribution in [-0.2, 0) is 0 Å². The van der Waals surface area contributed by atoms with Crippen LogP contribution in [0.15, 0.2) is 24.3 Å². The Hall–Kier alpha value is -1.06. The summed E-state index contributed by atoms with van der Waals surface area (Å²) in [6, 6.07) is 7.78. The van der Waals surface area contributed by atoms with Crippen molar-refractivity contribution in [1.82, 2.24) is 5.32 Å². The first-order valence-corrected chi connectivity index (χ1v) is 7.37. The number of rotatable bonds is 6. The molecule has 3 nitrogen and oxygen atoms in total. The number of phenolic OH excluding ortho intramolecular Hbond substituents is 1. The van der Waals surface area contributed by atoms with E-state index in [1.165, 1.54) is 24.8 Å². The summed E-state index contributed by atoms with van der Waals surface area (Å²) in [7, 11) is 0. The van der Waals surface area contributed by atoms with Gasteiger partial charge in [0.05, 0.1) is 0 Å². The largest absolute Gasteiger partial charge is 0.508 e. The average Bonchev–Trinajstić information content (AvgIpc) is 2.89. The van der Waals surface area contributed by atoms with Crippen LogP contribution in [0.1, 0.15) is 44.2 Å². The van der Waals surface area contributed by atoms with Gasteiger partial charge in [-0.25, -0.2) is 0 Å². The first kappa shape index (κ1) is 14.4. The molecule has 106 valence electrons. The van der Waals surface area contributed by atoms with Crippen LogP contribution in [0.5, 0.6) is 5.75 Å². The van der Waals surface area contributed by atoms with Gasteiger partial charge < -0.3 is 15.5 Å². The Kier molecular flexibility index (Phi) is 5.23. The van der Waals surface area contributed by atoms with E-state index in [2.05, 4.69) is 12.2 Å². The lowest BCUT2D eigenvalue weighted by molar-refractivity contribution is 0.190. The van der Waals surface area contributed by atoms with Crippen LogP contribution in [0.4, 0.5) is 0 Å². The van der Waals surface area contributed by atoms with Crippen molar-refractivity contribution in [2.24, 2.45) is 11.8 Å². The highest BCUT2D eigenvalue weighted by Crippen LogP contribution is 2.31. The molecular formula is C16H25NO2. The molecule has 0 saturated heterocycles. The molecule has 1 fully saturated rings. The number of aliphatic hydroxyl groups is 1. The highest BCUT2D eigenvalue weighted by atomic mass is 16.3. The number of aliphatic hydroxyl groups excluding tert-OH is 1. The maximum atomic E-state index is 9.35. The highest BCUT2D eigenvalue weighted by Gasteiger charge is 2.26. The van der Waals surface area contributed by atoms with Gasteiger partial charge in [-0.2, -0.15) is 0 Å². The molecule has 0 aliphatic heterocycles. The summed E-state index contributed by atoms with van der Waals surface area (Å²) in [6.45, 7) is 3.47. The van der Waals surface area contributed by atoms with Gasteiger partial charge in [0.2, 0.25) is 0 Å². The third-order valence-corrected chi connectivity index (χ3v) is 4.38. The number of phenols is 1. The smallest absolute Gasteiger partial charge is 0.115 e. The van der Waals surface area contributed by atoms with E-state index >= 15 is 0 Å². The SMILES string of the molecule is CCC(NCC1CCCC1CO)c1ccc(O)cc1. The fourth-order valence-electron chi connectivity index (χ4n) is 3.12. The molecule has 3 heteroatoms. The first-order valence-electron chi connectivity index (χ1n) is 7.37. The second-order valence-electron chi connectivity index (χ2n) is 5.59. The zero-order valence-electron chi connectivity index (χ0n) is 11.7. The van der Waals surface area contributed by atoms with Crippen molar-refractivity contribution in [2.75, 3.05) is 13.2 Å². The van der Waals surface area contributed by atoms with Crippen LogP contribution in [0.25, 0.3) is 0 Å². The van der Waals surface area contributed by atoms with Gasteiger partial charge in [-0.15, -0.1) is 0 Å². The molecule has 0 heterocycles. The van der Waals surface area contributed by atoms with Gasteiger partial charge in [-0.1, -0.05) is 25.5 Å². The minimum absolute atomic E-state index is 0.315. The van der Waals surface area contributed by atoms with Crippen molar-refractivity contribution in [2.45, 2.75) is 38.6 Å². The Morgan fingerprint density at radius 1 is 1.21 bits per heavy atom. The number of benzene rings is 1. The molecular weight excluding hydrogens is 238 g/mol. The lowest BCUT2D eigenvalue weighted by atomic mass is 9.95. The van der Waals surface area contributed by atoms with E-state index in [-0.39, 0.29) is 0 Å². The standard InChI is InChI=1S/C16H25NO2/c1-2-16(12-6-8-15(19)9-7-12)17-10-13-4-3-5-14(13)11-18/h6-9,13-14,16-19H,2-5,10-11H2,1H3. The molecule has 3 unspecified atom stereocenters. The molecule has 1 aliphatic rings. The van der Waals surface area contributed by atoms with Gasteiger partial charge in [-0.3, -0.25) is 0 Å². The Labute approximate surface area is 115 Å². The molecule has 0 bridgehead atoms. The van der Waals surface area contributed by atoms with Crippen LogP contribution in [-0.4, -0.2) is 23.4 Å². The van der Waals surface area contributed by atoms with E-state index in [0.29, 0.717) is 30.2 Å². The molecule has 1 aliphatic carbocycles. The van der Waals surface area contributed by atoms with E-state index in [4.69, 9.17) is 0 Å². The van der Waals surface area contributed by atoms with Crippen molar-refractivity contribution in [3.05, 3.63) is 29.8 Å². The van der Waals surface area contributed by atoms with E-state index < -0.39 is 0 Å². The highest BCUT2D eigenvalue weighted by molar-refractivity contribution is 5.27. The molecule has 1 saturated carbocycles. The zero-order chi connectivity index (χ0) is 13.7. The molecule has 0 amide bonds. The van der Waals surface area contributed by atoms with Gasteiger partial charge in [0.15, 0.2) is 0 Å². The van der Waals surface area contributed by atoms with Crippen LogP contribution in [0, 0.1) is 11.8 Å². The van der Waals surface area contributed by atoms with Gasteiger partial charge in [0.1, 0.15) is 5.75 Å². The summed E-state index contributed by atoms with van der Waals surface area (Å²) < 4.78 is 0. The number of aromatic hydroxyl groups is 1. The predicted octanol–water partition coefficient (Wildman–Crippen LogP) is 2.84. The molecule has 1 aromatic carbocycles. The first-order chi connectivity index (χ1) is 9.24. The van der Waals surface area contributed by atoms with Gasteiger partial charge in [0.25, 0.3) is 0 Å². The van der Waals surface area contributed by atoms with Gasteiger partial charge >= 0.3 is 0 Å². The number of hydrogen-bond donors (Lipinski definition) is 3. The Morgan fingerprint density at radius 3 is 2.53 bits per heavy atom. The molecule has 0 radical (unpaired) electrons.